The van der Waals surface area contributed by atoms with Crippen LogP contribution in [0.15, 0.2) is 18.2 Å². The van der Waals surface area contributed by atoms with Gasteiger partial charge in [-0.15, -0.1) is 0 Å². The lowest BCUT2D eigenvalue weighted by molar-refractivity contribution is 0.0545. The third-order valence-electron chi connectivity index (χ3n) is 2.85. The van der Waals surface area contributed by atoms with Crippen molar-refractivity contribution in [3.63, 3.8) is 0 Å². The van der Waals surface area contributed by atoms with Crippen LogP contribution in [-0.4, -0.2) is 37.1 Å². The fourth-order valence-electron chi connectivity index (χ4n) is 1.42. The van der Waals surface area contributed by atoms with E-state index in [2.05, 4.69) is 0 Å². The molecule has 1 unspecified atom stereocenters. The predicted octanol–water partition coefficient (Wildman–Crippen LogP) is 2.01. The number of benzene rings is 1. The highest BCUT2D eigenvalue weighted by Gasteiger charge is 2.23. The third-order valence-corrected chi connectivity index (χ3v) is 3.14. The van der Waals surface area contributed by atoms with Crippen LogP contribution in [0.25, 0.3) is 0 Å². The fourth-order valence-corrected chi connectivity index (χ4v) is 1.68. The number of aliphatic hydroxyl groups is 1. The van der Waals surface area contributed by atoms with Gasteiger partial charge in [-0.25, -0.2) is 0 Å². The lowest BCUT2D eigenvalue weighted by atomic mass is 10.00. The van der Waals surface area contributed by atoms with E-state index in [1.165, 1.54) is 0 Å². The molecule has 0 saturated heterocycles. The van der Waals surface area contributed by atoms with E-state index in [1.54, 1.807) is 27.0 Å². The summed E-state index contributed by atoms with van der Waals surface area (Å²) in [6.07, 6.45) is 0.0475. The lowest BCUT2D eigenvalue weighted by Gasteiger charge is -2.25. The number of aliphatic hydroxyl groups excluding tert-OH is 1. The molecule has 1 aromatic rings. The Bertz CT molecular complexity index is 404. The van der Waals surface area contributed by atoms with Gasteiger partial charge in [0.2, 0.25) is 0 Å². The summed E-state index contributed by atoms with van der Waals surface area (Å²) >= 11 is 6.13. The van der Waals surface area contributed by atoms with Gasteiger partial charge in [0.15, 0.2) is 0 Å². The number of hydrogen-bond donors (Lipinski definition) is 2. The van der Waals surface area contributed by atoms with Crippen LogP contribution in [-0.2, 0) is 11.2 Å². The van der Waals surface area contributed by atoms with E-state index in [0.29, 0.717) is 17.4 Å². The second-order valence-corrected chi connectivity index (χ2v) is 5.56. The van der Waals surface area contributed by atoms with Gasteiger partial charge in [-0.3, -0.25) is 0 Å². The minimum absolute atomic E-state index is 0.112. The second-order valence-electron chi connectivity index (χ2n) is 5.16. The van der Waals surface area contributed by atoms with Crippen LogP contribution < -0.4 is 10.5 Å². The Morgan fingerprint density at radius 2 is 2.11 bits per heavy atom. The summed E-state index contributed by atoms with van der Waals surface area (Å²) < 4.78 is 10.5. The van der Waals surface area contributed by atoms with Gasteiger partial charge >= 0.3 is 0 Å². The van der Waals surface area contributed by atoms with Gasteiger partial charge in [0.25, 0.3) is 0 Å². The molecule has 5 heteroatoms. The van der Waals surface area contributed by atoms with Gasteiger partial charge in [-0.2, -0.15) is 0 Å². The van der Waals surface area contributed by atoms with E-state index in [1.807, 2.05) is 12.1 Å². The van der Waals surface area contributed by atoms with Gasteiger partial charge in [0.1, 0.15) is 18.5 Å². The first kappa shape index (κ1) is 16.2. The largest absolute Gasteiger partial charge is 0.489 e. The molecule has 108 valence electrons. The summed E-state index contributed by atoms with van der Waals surface area (Å²) in [6.45, 7) is 4.25. The van der Waals surface area contributed by atoms with Crippen molar-refractivity contribution in [2.45, 2.75) is 31.9 Å². The van der Waals surface area contributed by atoms with Crippen molar-refractivity contribution in [3.8, 4) is 5.75 Å². The average molecular weight is 288 g/mol. The Kier molecular flexibility index (Phi) is 6.07. The zero-order chi connectivity index (χ0) is 14.5. The number of nitrogens with two attached hydrogens (primary N) is 1. The standard InChI is InChI=1S/C14H22ClNO3/c1-14(2,16)13(17)9-19-12-5-4-10(6-7-18-3)8-11(12)15/h4-5,8,13,17H,6-7,9,16H2,1-3H3. The number of ether oxygens (including phenoxy) is 2. The first-order chi connectivity index (χ1) is 8.84. The van der Waals surface area contributed by atoms with E-state index in [9.17, 15) is 5.11 Å². The summed E-state index contributed by atoms with van der Waals surface area (Å²) in [5.41, 5.74) is 6.16. The van der Waals surface area contributed by atoms with Gasteiger partial charge in [0.05, 0.1) is 11.6 Å². The monoisotopic (exact) mass is 287 g/mol. The first-order valence-electron chi connectivity index (χ1n) is 6.21. The average Bonchev–Trinajstić information content (AvgIpc) is 2.33. The van der Waals surface area contributed by atoms with Crippen molar-refractivity contribution in [2.24, 2.45) is 5.73 Å². The molecule has 3 N–H and O–H groups in total. The molecule has 0 fully saturated rings. The highest BCUT2D eigenvalue weighted by molar-refractivity contribution is 6.32. The van der Waals surface area contributed by atoms with Crippen molar-refractivity contribution in [3.05, 3.63) is 28.8 Å². The quantitative estimate of drug-likeness (QED) is 0.805. The molecule has 19 heavy (non-hydrogen) atoms. The zero-order valence-electron chi connectivity index (χ0n) is 11.6. The number of methoxy groups -OCH3 is 1. The minimum atomic E-state index is -0.753. The summed E-state index contributed by atoms with van der Waals surface area (Å²) in [5, 5.41) is 10.3. The third kappa shape index (κ3) is 5.37. The molecule has 0 aliphatic rings. The lowest BCUT2D eigenvalue weighted by Crippen LogP contribution is -2.48. The van der Waals surface area contributed by atoms with Crippen LogP contribution in [0.2, 0.25) is 5.02 Å². The van der Waals surface area contributed by atoms with Crippen LogP contribution in [0, 0.1) is 0 Å². The molecule has 1 atom stereocenters. The summed E-state index contributed by atoms with van der Waals surface area (Å²) in [5.74, 6) is 0.547. The smallest absolute Gasteiger partial charge is 0.138 e. The normalized spacial score (nSPS) is 13.4. The molecule has 0 radical (unpaired) electrons. The van der Waals surface area contributed by atoms with Gasteiger partial charge < -0.3 is 20.3 Å². The fraction of sp³-hybridized carbons (Fsp3) is 0.571. The molecule has 0 amide bonds. The van der Waals surface area contributed by atoms with Crippen LogP contribution in [0.1, 0.15) is 19.4 Å². The van der Waals surface area contributed by atoms with Crippen molar-refractivity contribution in [2.75, 3.05) is 20.3 Å². The maximum absolute atomic E-state index is 9.80. The van der Waals surface area contributed by atoms with E-state index < -0.39 is 11.6 Å². The highest BCUT2D eigenvalue weighted by Crippen LogP contribution is 2.26. The molecule has 0 aliphatic heterocycles. The highest BCUT2D eigenvalue weighted by atomic mass is 35.5. The molecule has 0 bridgehead atoms. The number of rotatable bonds is 7. The Balaban J connectivity index is 2.60. The molecule has 0 aliphatic carbocycles. The van der Waals surface area contributed by atoms with Gasteiger partial charge in [-0.05, 0) is 38.0 Å². The van der Waals surface area contributed by atoms with Crippen molar-refractivity contribution < 1.29 is 14.6 Å². The zero-order valence-corrected chi connectivity index (χ0v) is 12.4. The number of hydrogen-bond acceptors (Lipinski definition) is 4. The van der Waals surface area contributed by atoms with Gasteiger partial charge in [0, 0.05) is 12.6 Å². The van der Waals surface area contributed by atoms with E-state index in [-0.39, 0.29) is 6.61 Å². The summed E-state index contributed by atoms with van der Waals surface area (Å²) in [6, 6.07) is 5.57. The van der Waals surface area contributed by atoms with E-state index >= 15 is 0 Å². The van der Waals surface area contributed by atoms with Crippen molar-refractivity contribution in [1.29, 1.82) is 0 Å². The van der Waals surface area contributed by atoms with E-state index in [0.717, 1.165) is 12.0 Å². The molecular formula is C14H22ClNO3. The first-order valence-corrected chi connectivity index (χ1v) is 6.59. The van der Waals surface area contributed by atoms with Crippen molar-refractivity contribution in [1.82, 2.24) is 0 Å². The molecule has 4 nitrogen and oxygen atoms in total. The molecule has 0 saturated carbocycles. The molecule has 1 rings (SSSR count). The molecule has 1 aromatic carbocycles. The van der Waals surface area contributed by atoms with Crippen molar-refractivity contribution >= 4 is 11.6 Å². The Morgan fingerprint density at radius 1 is 1.42 bits per heavy atom. The Hall–Kier alpha value is -0.810. The maximum atomic E-state index is 9.80. The van der Waals surface area contributed by atoms with Crippen LogP contribution in [0.3, 0.4) is 0 Å². The van der Waals surface area contributed by atoms with Gasteiger partial charge in [-0.1, -0.05) is 17.7 Å². The molecule has 0 spiro atoms. The second kappa shape index (κ2) is 7.10. The summed E-state index contributed by atoms with van der Waals surface area (Å²) in [7, 11) is 1.66. The molecule has 0 heterocycles. The Labute approximate surface area is 119 Å². The summed E-state index contributed by atoms with van der Waals surface area (Å²) in [4.78, 5) is 0. The minimum Gasteiger partial charge on any atom is -0.489 e. The SMILES string of the molecule is COCCc1ccc(OCC(O)C(C)(C)N)c(Cl)c1. The Morgan fingerprint density at radius 3 is 2.63 bits per heavy atom. The molecular weight excluding hydrogens is 266 g/mol. The van der Waals surface area contributed by atoms with Crippen LogP contribution in [0.4, 0.5) is 0 Å². The molecule has 0 aromatic heterocycles. The van der Waals surface area contributed by atoms with Crippen LogP contribution in [0.5, 0.6) is 5.75 Å². The maximum Gasteiger partial charge on any atom is 0.138 e. The number of halogens is 1. The van der Waals surface area contributed by atoms with Crippen LogP contribution >= 0.6 is 11.6 Å². The van der Waals surface area contributed by atoms with E-state index in [4.69, 9.17) is 26.8 Å². The predicted molar refractivity (Wildman–Crippen MR) is 76.8 cm³/mol. The topological polar surface area (TPSA) is 64.7 Å².